The van der Waals surface area contributed by atoms with Crippen molar-refractivity contribution >= 4 is 5.91 Å². The van der Waals surface area contributed by atoms with Gasteiger partial charge in [-0.25, -0.2) is 0 Å². The quantitative estimate of drug-likeness (QED) is 0.745. The van der Waals surface area contributed by atoms with E-state index in [1.54, 1.807) is 0 Å². The maximum atomic E-state index is 11.5. The van der Waals surface area contributed by atoms with Crippen molar-refractivity contribution in [3.63, 3.8) is 0 Å². The molecule has 0 spiro atoms. The molecule has 0 bridgehead atoms. The summed E-state index contributed by atoms with van der Waals surface area (Å²) in [6, 6.07) is 0. The van der Waals surface area contributed by atoms with Crippen molar-refractivity contribution in [2.75, 3.05) is 40.3 Å². The second kappa shape index (κ2) is 6.86. The Morgan fingerprint density at radius 2 is 2.06 bits per heavy atom. The van der Waals surface area contributed by atoms with Gasteiger partial charge < -0.3 is 15.5 Å². The van der Waals surface area contributed by atoms with E-state index in [2.05, 4.69) is 11.9 Å². The van der Waals surface area contributed by atoms with Crippen LogP contribution in [0.1, 0.15) is 25.7 Å². The SMILES string of the molecule is CN1CCC(CCN(C)C(=O)CCN)CC1. The molecule has 2 N–H and O–H groups in total. The zero-order valence-corrected chi connectivity index (χ0v) is 10.6. The Morgan fingerprint density at radius 1 is 1.44 bits per heavy atom. The van der Waals surface area contributed by atoms with Crippen LogP contribution in [0.2, 0.25) is 0 Å². The van der Waals surface area contributed by atoms with Crippen molar-refractivity contribution in [3.8, 4) is 0 Å². The second-order valence-corrected chi connectivity index (χ2v) is 4.89. The lowest BCUT2D eigenvalue weighted by Gasteiger charge is -2.30. The zero-order valence-electron chi connectivity index (χ0n) is 10.6. The fourth-order valence-corrected chi connectivity index (χ4v) is 2.17. The number of hydrogen-bond acceptors (Lipinski definition) is 3. The van der Waals surface area contributed by atoms with E-state index in [0.29, 0.717) is 13.0 Å². The Morgan fingerprint density at radius 3 is 2.62 bits per heavy atom. The third kappa shape index (κ3) is 4.49. The molecule has 1 heterocycles. The molecule has 94 valence electrons. The maximum Gasteiger partial charge on any atom is 0.223 e. The maximum absolute atomic E-state index is 11.5. The van der Waals surface area contributed by atoms with Crippen molar-refractivity contribution in [1.29, 1.82) is 0 Å². The highest BCUT2D eigenvalue weighted by Gasteiger charge is 2.17. The van der Waals surface area contributed by atoms with Gasteiger partial charge in [-0.05, 0) is 45.3 Å². The number of rotatable bonds is 5. The lowest BCUT2D eigenvalue weighted by molar-refractivity contribution is -0.129. The monoisotopic (exact) mass is 227 g/mol. The molecule has 0 saturated carbocycles. The Kier molecular flexibility index (Phi) is 5.77. The van der Waals surface area contributed by atoms with Gasteiger partial charge in [0, 0.05) is 26.6 Å². The summed E-state index contributed by atoms with van der Waals surface area (Å²) in [5.74, 6) is 0.972. The molecule has 0 aromatic carbocycles. The van der Waals surface area contributed by atoms with E-state index >= 15 is 0 Å². The number of piperidine rings is 1. The Labute approximate surface area is 98.8 Å². The number of amides is 1. The van der Waals surface area contributed by atoms with Crippen molar-refractivity contribution in [2.45, 2.75) is 25.7 Å². The first-order valence-corrected chi connectivity index (χ1v) is 6.26. The number of likely N-dealkylation sites (tertiary alicyclic amines) is 1. The molecule has 1 amide bonds. The number of nitrogens with two attached hydrogens (primary N) is 1. The number of hydrogen-bond donors (Lipinski definition) is 1. The van der Waals surface area contributed by atoms with Gasteiger partial charge in [-0.3, -0.25) is 4.79 Å². The van der Waals surface area contributed by atoms with Gasteiger partial charge in [-0.2, -0.15) is 0 Å². The van der Waals surface area contributed by atoms with Gasteiger partial charge in [0.1, 0.15) is 0 Å². The molecule has 1 fully saturated rings. The number of carbonyl (C=O) groups excluding carboxylic acids is 1. The van der Waals surface area contributed by atoms with Crippen molar-refractivity contribution in [3.05, 3.63) is 0 Å². The third-order valence-electron chi connectivity index (χ3n) is 3.49. The van der Waals surface area contributed by atoms with Crippen LogP contribution in [0.3, 0.4) is 0 Å². The molecule has 0 aromatic heterocycles. The van der Waals surface area contributed by atoms with E-state index < -0.39 is 0 Å². The standard InChI is InChI=1S/C12H25N3O/c1-14-8-4-11(5-9-14)6-10-15(2)12(16)3-7-13/h11H,3-10,13H2,1-2H3. The molecule has 0 aliphatic carbocycles. The molecule has 0 atom stereocenters. The predicted molar refractivity (Wildman–Crippen MR) is 66.1 cm³/mol. The molecule has 0 aromatic rings. The smallest absolute Gasteiger partial charge is 0.223 e. The van der Waals surface area contributed by atoms with Crippen molar-refractivity contribution in [1.82, 2.24) is 9.80 Å². The van der Waals surface area contributed by atoms with Crippen LogP contribution >= 0.6 is 0 Å². The summed E-state index contributed by atoms with van der Waals surface area (Å²) in [7, 11) is 4.06. The van der Waals surface area contributed by atoms with Gasteiger partial charge in [0.15, 0.2) is 0 Å². The van der Waals surface area contributed by atoms with E-state index in [1.165, 1.54) is 25.9 Å². The van der Waals surface area contributed by atoms with E-state index in [9.17, 15) is 4.79 Å². The van der Waals surface area contributed by atoms with Crippen LogP contribution in [0.15, 0.2) is 0 Å². The molecule has 4 heteroatoms. The molecular formula is C12H25N3O. The van der Waals surface area contributed by atoms with Crippen LogP contribution in [-0.2, 0) is 4.79 Å². The highest BCUT2D eigenvalue weighted by Crippen LogP contribution is 2.19. The molecular weight excluding hydrogens is 202 g/mol. The van der Waals surface area contributed by atoms with E-state index in [-0.39, 0.29) is 5.91 Å². The first-order chi connectivity index (χ1) is 7.63. The number of carbonyl (C=O) groups is 1. The molecule has 0 unspecified atom stereocenters. The summed E-state index contributed by atoms with van der Waals surface area (Å²) in [6.45, 7) is 3.74. The molecule has 1 aliphatic rings. The highest BCUT2D eigenvalue weighted by molar-refractivity contribution is 5.75. The van der Waals surface area contributed by atoms with Gasteiger partial charge in [0.2, 0.25) is 5.91 Å². The fraction of sp³-hybridized carbons (Fsp3) is 0.917. The van der Waals surface area contributed by atoms with Gasteiger partial charge in [-0.15, -0.1) is 0 Å². The minimum atomic E-state index is 0.176. The van der Waals surface area contributed by atoms with Crippen LogP contribution in [0.4, 0.5) is 0 Å². The second-order valence-electron chi connectivity index (χ2n) is 4.89. The molecule has 1 aliphatic heterocycles. The lowest BCUT2D eigenvalue weighted by atomic mass is 9.94. The third-order valence-corrected chi connectivity index (χ3v) is 3.49. The minimum Gasteiger partial charge on any atom is -0.346 e. The van der Waals surface area contributed by atoms with E-state index in [0.717, 1.165) is 18.9 Å². The molecule has 0 radical (unpaired) electrons. The Balaban J connectivity index is 2.16. The fourth-order valence-electron chi connectivity index (χ4n) is 2.17. The van der Waals surface area contributed by atoms with Crippen LogP contribution < -0.4 is 5.73 Å². The normalized spacial score (nSPS) is 18.7. The molecule has 1 rings (SSSR count). The van der Waals surface area contributed by atoms with Crippen molar-refractivity contribution in [2.24, 2.45) is 11.7 Å². The summed E-state index contributed by atoms with van der Waals surface area (Å²) in [5, 5.41) is 0. The predicted octanol–water partition coefficient (Wildman–Crippen LogP) is 0.526. The average molecular weight is 227 g/mol. The van der Waals surface area contributed by atoms with E-state index in [1.807, 2.05) is 11.9 Å². The van der Waals surface area contributed by atoms with Crippen LogP contribution in [0.25, 0.3) is 0 Å². The van der Waals surface area contributed by atoms with Crippen LogP contribution in [0, 0.1) is 5.92 Å². The zero-order chi connectivity index (χ0) is 12.0. The average Bonchev–Trinajstić information content (AvgIpc) is 2.28. The van der Waals surface area contributed by atoms with Gasteiger partial charge in [-0.1, -0.05) is 0 Å². The van der Waals surface area contributed by atoms with Gasteiger partial charge in [0.05, 0.1) is 0 Å². The highest BCUT2D eigenvalue weighted by atomic mass is 16.2. The largest absolute Gasteiger partial charge is 0.346 e. The molecule has 16 heavy (non-hydrogen) atoms. The van der Waals surface area contributed by atoms with E-state index in [4.69, 9.17) is 5.73 Å². The summed E-state index contributed by atoms with van der Waals surface area (Å²) in [6.07, 6.45) is 4.16. The lowest BCUT2D eigenvalue weighted by Crippen LogP contribution is -2.34. The number of nitrogens with zero attached hydrogens (tertiary/aromatic N) is 2. The molecule has 1 saturated heterocycles. The topological polar surface area (TPSA) is 49.6 Å². The van der Waals surface area contributed by atoms with Crippen LogP contribution in [-0.4, -0.2) is 56.0 Å². The summed E-state index contributed by atoms with van der Waals surface area (Å²) >= 11 is 0. The van der Waals surface area contributed by atoms with Gasteiger partial charge in [0.25, 0.3) is 0 Å². The summed E-state index contributed by atoms with van der Waals surface area (Å²) < 4.78 is 0. The molecule has 4 nitrogen and oxygen atoms in total. The first kappa shape index (κ1) is 13.5. The van der Waals surface area contributed by atoms with Crippen LogP contribution in [0.5, 0.6) is 0 Å². The summed E-state index contributed by atoms with van der Waals surface area (Å²) in [4.78, 5) is 15.7. The summed E-state index contributed by atoms with van der Waals surface area (Å²) in [5.41, 5.74) is 5.37. The minimum absolute atomic E-state index is 0.176. The van der Waals surface area contributed by atoms with Gasteiger partial charge >= 0.3 is 0 Å². The first-order valence-electron chi connectivity index (χ1n) is 6.26. The Hall–Kier alpha value is -0.610. The van der Waals surface area contributed by atoms with Crippen molar-refractivity contribution < 1.29 is 4.79 Å². The Bertz CT molecular complexity index is 212.